The zero-order valence-corrected chi connectivity index (χ0v) is 17.8. The molecular formula is C23H19N7O4. The lowest BCUT2D eigenvalue weighted by Gasteiger charge is -2.10. The quantitative estimate of drug-likeness (QED) is 0.341. The van der Waals surface area contributed by atoms with Gasteiger partial charge in [-0.1, -0.05) is 36.4 Å². The van der Waals surface area contributed by atoms with Crippen LogP contribution < -0.4 is 10.6 Å². The number of aromatic amines is 1. The average molecular weight is 457 g/mol. The predicted molar refractivity (Wildman–Crippen MR) is 121 cm³/mol. The Labute approximate surface area is 193 Å². The van der Waals surface area contributed by atoms with Crippen LogP contribution in [0.3, 0.4) is 0 Å². The van der Waals surface area contributed by atoms with E-state index in [1.807, 2.05) is 18.2 Å². The summed E-state index contributed by atoms with van der Waals surface area (Å²) in [6, 6.07) is 18.1. The van der Waals surface area contributed by atoms with Crippen LogP contribution in [0.4, 0.5) is 5.82 Å². The van der Waals surface area contributed by atoms with E-state index in [0.717, 1.165) is 5.52 Å². The summed E-state index contributed by atoms with van der Waals surface area (Å²) >= 11 is 0. The number of H-pyrrole nitrogens is 1. The second-order valence-corrected chi connectivity index (χ2v) is 7.10. The number of nitrogens with one attached hydrogen (secondary N) is 3. The Hall–Kier alpha value is -4.98. The first kappa shape index (κ1) is 22.2. The highest BCUT2D eigenvalue weighted by atomic mass is 16.5. The number of ether oxygens (including phenoxy) is 1. The van der Waals surface area contributed by atoms with Crippen molar-refractivity contribution in [3.05, 3.63) is 72.1 Å². The van der Waals surface area contributed by atoms with Crippen molar-refractivity contribution in [2.45, 2.75) is 6.42 Å². The molecule has 4 aromatic rings. The molecule has 2 aromatic carbocycles. The number of nitriles is 1. The Morgan fingerprint density at radius 3 is 2.65 bits per heavy atom. The normalized spacial score (nSPS) is 10.4. The van der Waals surface area contributed by atoms with Crippen LogP contribution in [0.1, 0.15) is 22.5 Å². The van der Waals surface area contributed by atoms with Crippen LogP contribution in [0.25, 0.3) is 16.6 Å². The van der Waals surface area contributed by atoms with E-state index in [1.165, 1.54) is 10.9 Å². The summed E-state index contributed by atoms with van der Waals surface area (Å²) in [6.45, 7) is -0.540. The number of hydrogen-bond donors (Lipinski definition) is 3. The summed E-state index contributed by atoms with van der Waals surface area (Å²) in [5, 5.41) is 26.0. The molecule has 0 unspecified atom stereocenters. The van der Waals surface area contributed by atoms with Gasteiger partial charge in [0, 0.05) is 11.9 Å². The molecule has 170 valence electrons. The molecule has 0 spiro atoms. The Balaban J connectivity index is 1.26. The van der Waals surface area contributed by atoms with Crippen molar-refractivity contribution in [1.82, 2.24) is 25.3 Å². The van der Waals surface area contributed by atoms with E-state index in [1.54, 1.807) is 42.5 Å². The summed E-state index contributed by atoms with van der Waals surface area (Å²) in [6.07, 6.45) is 1.20. The molecule has 11 nitrogen and oxygen atoms in total. The van der Waals surface area contributed by atoms with E-state index in [-0.39, 0.29) is 30.0 Å². The Kier molecular flexibility index (Phi) is 6.60. The SMILES string of the molecule is N#Cc1cnn(-c2ccccc2)c1NC(=O)COC(=O)CCNC(=O)c1n[nH]c2ccccc12. The molecule has 0 aliphatic rings. The highest BCUT2D eigenvalue weighted by Crippen LogP contribution is 2.19. The van der Waals surface area contributed by atoms with Crippen molar-refractivity contribution in [2.75, 3.05) is 18.5 Å². The number of benzene rings is 2. The van der Waals surface area contributed by atoms with Gasteiger partial charge in [0.05, 0.1) is 23.8 Å². The largest absolute Gasteiger partial charge is 0.456 e. The van der Waals surface area contributed by atoms with Crippen LogP contribution in [0.15, 0.2) is 60.8 Å². The number of carbonyl (C=O) groups is 3. The summed E-state index contributed by atoms with van der Waals surface area (Å²) in [5.41, 5.74) is 1.77. The second-order valence-electron chi connectivity index (χ2n) is 7.10. The van der Waals surface area contributed by atoms with Gasteiger partial charge in [-0.2, -0.15) is 15.5 Å². The molecule has 34 heavy (non-hydrogen) atoms. The van der Waals surface area contributed by atoms with Crippen LogP contribution >= 0.6 is 0 Å². The third-order valence-corrected chi connectivity index (χ3v) is 4.81. The molecule has 2 heterocycles. The number of amides is 2. The number of fused-ring (bicyclic) bond motifs is 1. The number of hydrogen-bond acceptors (Lipinski definition) is 7. The van der Waals surface area contributed by atoms with E-state index < -0.39 is 24.4 Å². The zero-order chi connectivity index (χ0) is 23.9. The van der Waals surface area contributed by atoms with Crippen molar-refractivity contribution in [2.24, 2.45) is 0 Å². The highest BCUT2D eigenvalue weighted by Gasteiger charge is 2.17. The van der Waals surface area contributed by atoms with Crippen LogP contribution in [0, 0.1) is 11.3 Å². The van der Waals surface area contributed by atoms with Crippen molar-refractivity contribution >= 4 is 34.5 Å². The van der Waals surface area contributed by atoms with Crippen LogP contribution in [-0.4, -0.2) is 50.9 Å². The lowest BCUT2D eigenvalue weighted by molar-refractivity contribution is -0.147. The van der Waals surface area contributed by atoms with Gasteiger partial charge in [-0.3, -0.25) is 19.5 Å². The molecule has 11 heteroatoms. The van der Waals surface area contributed by atoms with Gasteiger partial charge in [0.1, 0.15) is 11.6 Å². The fourth-order valence-electron chi connectivity index (χ4n) is 3.20. The van der Waals surface area contributed by atoms with Crippen LogP contribution in [0.5, 0.6) is 0 Å². The van der Waals surface area contributed by atoms with Crippen LogP contribution in [-0.2, 0) is 14.3 Å². The van der Waals surface area contributed by atoms with E-state index in [9.17, 15) is 19.6 Å². The fraction of sp³-hybridized carbons (Fsp3) is 0.130. The number of rotatable bonds is 8. The molecule has 0 radical (unpaired) electrons. The Bertz CT molecular complexity index is 1390. The number of esters is 1. The van der Waals surface area contributed by atoms with E-state index in [4.69, 9.17) is 4.74 Å². The maximum absolute atomic E-state index is 12.3. The van der Waals surface area contributed by atoms with Crippen LogP contribution in [0.2, 0.25) is 0 Å². The van der Waals surface area contributed by atoms with Gasteiger partial charge >= 0.3 is 5.97 Å². The number of para-hydroxylation sites is 2. The van der Waals surface area contributed by atoms with Crippen molar-refractivity contribution in [3.63, 3.8) is 0 Å². The van der Waals surface area contributed by atoms with Crippen molar-refractivity contribution in [1.29, 1.82) is 5.26 Å². The second kappa shape index (κ2) is 10.1. The Morgan fingerprint density at radius 2 is 1.85 bits per heavy atom. The van der Waals surface area contributed by atoms with Gasteiger partial charge in [0.15, 0.2) is 18.1 Å². The van der Waals surface area contributed by atoms with Gasteiger partial charge in [0.25, 0.3) is 11.8 Å². The van der Waals surface area contributed by atoms with Crippen molar-refractivity contribution < 1.29 is 19.1 Å². The number of anilines is 1. The maximum Gasteiger partial charge on any atom is 0.308 e. The molecule has 0 aliphatic carbocycles. The molecular weight excluding hydrogens is 438 g/mol. The zero-order valence-electron chi connectivity index (χ0n) is 17.8. The monoisotopic (exact) mass is 457 g/mol. The lowest BCUT2D eigenvalue weighted by Crippen LogP contribution is -2.28. The molecule has 0 aliphatic heterocycles. The topological polar surface area (TPSA) is 155 Å². The van der Waals surface area contributed by atoms with E-state index in [2.05, 4.69) is 25.9 Å². The third kappa shape index (κ3) is 4.91. The molecule has 2 aromatic heterocycles. The van der Waals surface area contributed by atoms with Gasteiger partial charge in [-0.25, -0.2) is 4.68 Å². The molecule has 3 N–H and O–H groups in total. The minimum absolute atomic E-state index is 0.0137. The number of aromatic nitrogens is 4. The number of nitrogens with zero attached hydrogens (tertiary/aromatic N) is 4. The van der Waals surface area contributed by atoms with Gasteiger partial charge < -0.3 is 15.4 Å². The highest BCUT2D eigenvalue weighted by molar-refractivity contribution is 6.04. The van der Waals surface area contributed by atoms with Gasteiger partial charge in [0.2, 0.25) is 0 Å². The third-order valence-electron chi connectivity index (χ3n) is 4.81. The molecule has 0 atom stereocenters. The molecule has 0 saturated carbocycles. The maximum atomic E-state index is 12.3. The summed E-state index contributed by atoms with van der Waals surface area (Å²) in [7, 11) is 0. The summed E-state index contributed by atoms with van der Waals surface area (Å²) in [4.78, 5) is 36.6. The molecule has 0 fully saturated rings. The van der Waals surface area contributed by atoms with Crippen molar-refractivity contribution in [3.8, 4) is 11.8 Å². The lowest BCUT2D eigenvalue weighted by atomic mass is 10.2. The van der Waals surface area contributed by atoms with Gasteiger partial charge in [-0.05, 0) is 18.2 Å². The summed E-state index contributed by atoms with van der Waals surface area (Å²) < 4.78 is 6.39. The smallest absolute Gasteiger partial charge is 0.308 e. The van der Waals surface area contributed by atoms with Gasteiger partial charge in [-0.15, -0.1) is 0 Å². The Morgan fingerprint density at radius 1 is 1.09 bits per heavy atom. The molecule has 0 saturated heterocycles. The predicted octanol–water partition coefficient (Wildman–Crippen LogP) is 1.92. The first-order valence-electron chi connectivity index (χ1n) is 10.3. The fourth-order valence-corrected chi connectivity index (χ4v) is 3.20. The first-order chi connectivity index (χ1) is 16.6. The first-order valence-corrected chi connectivity index (χ1v) is 10.3. The average Bonchev–Trinajstić information content (AvgIpc) is 3.47. The molecule has 4 rings (SSSR count). The van der Waals surface area contributed by atoms with E-state index >= 15 is 0 Å². The standard InChI is InChI=1S/C23H19N7O4/c24-12-15-13-26-30(16-6-2-1-3-7-16)22(15)27-19(31)14-34-20(32)10-11-25-23(33)21-17-8-4-5-9-18(17)28-29-21/h1-9,13H,10-11,14H2,(H,25,33)(H,27,31)(H,28,29). The number of carbonyl (C=O) groups excluding carboxylic acids is 3. The molecule has 2 amide bonds. The summed E-state index contributed by atoms with van der Waals surface area (Å²) in [5.74, 6) is -1.55. The minimum Gasteiger partial charge on any atom is -0.456 e. The molecule has 0 bridgehead atoms. The minimum atomic E-state index is -0.667. The van der Waals surface area contributed by atoms with E-state index in [0.29, 0.717) is 11.1 Å².